The Morgan fingerprint density at radius 3 is 2.75 bits per heavy atom. The molecule has 0 radical (unpaired) electrons. The standard InChI is InChI=1S/C22H23FN6O2.ClH/c23-17-3-1-2-4-18(17)29-12-7-19(27-29)26-13-16-5-8-22(9-6-16)15-28(21(30)31-22)20-14-24-10-11-25-20;/h1-4,7,10-12,14,16H,5-6,8-9,13,15H2,(H,26,27);1H/t16-,22-;. The van der Waals surface area contributed by atoms with Crippen LogP contribution in [0.2, 0.25) is 0 Å². The maximum atomic E-state index is 13.9. The third-order valence-electron chi connectivity index (χ3n) is 6.07. The third-order valence-corrected chi connectivity index (χ3v) is 6.07. The van der Waals surface area contributed by atoms with Crippen LogP contribution in [0.5, 0.6) is 0 Å². The first-order valence-corrected chi connectivity index (χ1v) is 10.4. The molecule has 0 bridgehead atoms. The van der Waals surface area contributed by atoms with Crippen molar-refractivity contribution in [1.82, 2.24) is 19.7 Å². The molecule has 2 aromatic heterocycles. The van der Waals surface area contributed by atoms with Crippen molar-refractivity contribution in [1.29, 1.82) is 0 Å². The topological polar surface area (TPSA) is 85.2 Å². The molecule has 1 saturated carbocycles. The van der Waals surface area contributed by atoms with Crippen LogP contribution >= 0.6 is 12.4 Å². The molecule has 2 aliphatic rings. The van der Waals surface area contributed by atoms with Gasteiger partial charge in [-0.05, 0) is 43.7 Å². The summed E-state index contributed by atoms with van der Waals surface area (Å²) in [6.07, 6.45) is 9.65. The molecule has 3 heterocycles. The Bertz CT molecular complexity index is 1070. The van der Waals surface area contributed by atoms with Crippen molar-refractivity contribution in [2.45, 2.75) is 31.3 Å². The molecule has 1 amide bonds. The quantitative estimate of drug-likeness (QED) is 0.616. The van der Waals surface area contributed by atoms with Crippen LogP contribution in [0.15, 0.2) is 55.1 Å². The summed E-state index contributed by atoms with van der Waals surface area (Å²) in [4.78, 5) is 22.2. The average Bonchev–Trinajstić information content (AvgIpc) is 3.39. The second-order valence-electron chi connectivity index (χ2n) is 8.12. The fourth-order valence-corrected chi connectivity index (χ4v) is 4.34. The van der Waals surface area contributed by atoms with E-state index < -0.39 is 5.60 Å². The van der Waals surface area contributed by atoms with Crippen LogP contribution in [-0.2, 0) is 4.74 Å². The van der Waals surface area contributed by atoms with E-state index in [2.05, 4.69) is 20.4 Å². The fourth-order valence-electron chi connectivity index (χ4n) is 4.34. The molecule has 1 aliphatic carbocycles. The predicted octanol–water partition coefficient (Wildman–Crippen LogP) is 4.22. The van der Waals surface area contributed by atoms with E-state index in [-0.39, 0.29) is 24.3 Å². The van der Waals surface area contributed by atoms with Gasteiger partial charge in [-0.25, -0.2) is 18.9 Å². The largest absolute Gasteiger partial charge is 0.441 e. The smallest absolute Gasteiger partial charge is 0.416 e. The Morgan fingerprint density at radius 2 is 2.00 bits per heavy atom. The molecule has 0 unspecified atom stereocenters. The van der Waals surface area contributed by atoms with Crippen LogP contribution in [0, 0.1) is 11.7 Å². The molecule has 3 aromatic rings. The highest BCUT2D eigenvalue weighted by Gasteiger charge is 2.48. The van der Waals surface area contributed by atoms with E-state index in [4.69, 9.17) is 4.74 Å². The molecular weight excluding hydrogens is 435 g/mol. The van der Waals surface area contributed by atoms with Gasteiger partial charge in [-0.15, -0.1) is 12.4 Å². The SMILES string of the molecule is Cl.O=C1O[C@]2(CC[C@H](CNc3ccn(-c4ccccc4F)n3)CC2)CN1c1cnccn1. The second kappa shape index (κ2) is 9.12. The number of aromatic nitrogens is 4. The van der Waals surface area contributed by atoms with Crippen molar-refractivity contribution in [3.63, 3.8) is 0 Å². The zero-order valence-electron chi connectivity index (χ0n) is 17.4. The van der Waals surface area contributed by atoms with Crippen molar-refractivity contribution in [2.24, 2.45) is 5.92 Å². The summed E-state index contributed by atoms with van der Waals surface area (Å²) >= 11 is 0. The van der Waals surface area contributed by atoms with E-state index >= 15 is 0 Å². The molecule has 8 nitrogen and oxygen atoms in total. The molecule has 168 valence electrons. The van der Waals surface area contributed by atoms with Gasteiger partial charge in [-0.2, -0.15) is 5.10 Å². The van der Waals surface area contributed by atoms with Gasteiger partial charge >= 0.3 is 6.09 Å². The Balaban J connectivity index is 0.00000245. The summed E-state index contributed by atoms with van der Waals surface area (Å²) in [5.74, 6) is 1.38. The molecule has 1 N–H and O–H groups in total. The van der Waals surface area contributed by atoms with E-state index in [0.29, 0.717) is 29.8 Å². The van der Waals surface area contributed by atoms with Crippen LogP contribution < -0.4 is 10.2 Å². The third kappa shape index (κ3) is 4.38. The number of hydrogen-bond acceptors (Lipinski definition) is 6. The summed E-state index contributed by atoms with van der Waals surface area (Å²) in [5, 5.41) is 7.78. The molecule has 1 spiro atoms. The number of halogens is 2. The lowest BCUT2D eigenvalue weighted by molar-refractivity contribution is 0.0148. The molecule has 32 heavy (non-hydrogen) atoms. The average molecular weight is 459 g/mol. The summed E-state index contributed by atoms with van der Waals surface area (Å²) in [5.41, 5.74) is -0.0248. The highest BCUT2D eigenvalue weighted by molar-refractivity contribution is 5.89. The zero-order valence-corrected chi connectivity index (χ0v) is 18.2. The number of nitrogens with one attached hydrogen (secondary N) is 1. The number of carbonyl (C=O) groups is 1. The van der Waals surface area contributed by atoms with Gasteiger partial charge in [0.25, 0.3) is 0 Å². The molecule has 5 rings (SSSR count). The number of benzene rings is 1. The lowest BCUT2D eigenvalue weighted by Crippen LogP contribution is -2.39. The Hall–Kier alpha value is -3.20. The number of nitrogens with zero attached hydrogens (tertiary/aromatic N) is 5. The van der Waals surface area contributed by atoms with E-state index in [1.807, 2.05) is 6.07 Å². The van der Waals surface area contributed by atoms with Gasteiger partial charge in [-0.1, -0.05) is 12.1 Å². The first-order chi connectivity index (χ1) is 15.1. The number of amides is 1. The first-order valence-electron chi connectivity index (χ1n) is 10.4. The Labute approximate surface area is 191 Å². The van der Waals surface area contributed by atoms with Crippen LogP contribution in [0.1, 0.15) is 25.7 Å². The highest BCUT2D eigenvalue weighted by Crippen LogP contribution is 2.40. The molecule has 1 aromatic carbocycles. The van der Waals surface area contributed by atoms with E-state index in [1.165, 1.54) is 10.7 Å². The van der Waals surface area contributed by atoms with Gasteiger partial charge < -0.3 is 10.1 Å². The fraction of sp³-hybridized carbons (Fsp3) is 0.364. The number of para-hydroxylation sites is 1. The monoisotopic (exact) mass is 458 g/mol. The Morgan fingerprint density at radius 1 is 1.19 bits per heavy atom. The summed E-state index contributed by atoms with van der Waals surface area (Å²) in [7, 11) is 0. The van der Waals surface area contributed by atoms with Crippen LogP contribution in [0.25, 0.3) is 5.69 Å². The summed E-state index contributed by atoms with van der Waals surface area (Å²) < 4.78 is 21.3. The lowest BCUT2D eigenvalue weighted by atomic mass is 9.78. The van der Waals surface area contributed by atoms with Gasteiger partial charge in [0.1, 0.15) is 22.9 Å². The zero-order chi connectivity index (χ0) is 21.3. The van der Waals surface area contributed by atoms with E-state index in [9.17, 15) is 9.18 Å². The normalized spacial score (nSPS) is 22.5. The number of hydrogen-bond donors (Lipinski definition) is 1. The molecule has 2 fully saturated rings. The molecule has 10 heteroatoms. The lowest BCUT2D eigenvalue weighted by Gasteiger charge is -2.35. The van der Waals surface area contributed by atoms with Crippen molar-refractivity contribution in [3.8, 4) is 5.69 Å². The number of ether oxygens (including phenoxy) is 1. The van der Waals surface area contributed by atoms with Crippen LogP contribution in [-0.4, -0.2) is 44.5 Å². The van der Waals surface area contributed by atoms with Gasteiger partial charge in [0.15, 0.2) is 5.82 Å². The molecule has 0 atom stereocenters. The maximum Gasteiger partial charge on any atom is 0.416 e. The molecule has 1 saturated heterocycles. The maximum absolute atomic E-state index is 13.9. The summed E-state index contributed by atoms with van der Waals surface area (Å²) in [6, 6.07) is 8.40. The molecular formula is C22H24ClFN6O2. The number of anilines is 2. The van der Waals surface area contributed by atoms with Crippen molar-refractivity contribution < 1.29 is 13.9 Å². The number of carbonyl (C=O) groups excluding carboxylic acids is 1. The minimum absolute atomic E-state index is 0. The van der Waals surface area contributed by atoms with E-state index in [1.54, 1.807) is 47.9 Å². The number of rotatable bonds is 5. The summed E-state index contributed by atoms with van der Waals surface area (Å²) in [6.45, 7) is 1.28. The van der Waals surface area contributed by atoms with Crippen LogP contribution in [0.3, 0.4) is 0 Å². The van der Waals surface area contributed by atoms with Gasteiger partial charge in [-0.3, -0.25) is 9.88 Å². The van der Waals surface area contributed by atoms with Gasteiger partial charge in [0.05, 0.1) is 12.7 Å². The minimum atomic E-state index is -0.447. The van der Waals surface area contributed by atoms with Gasteiger partial charge in [0.2, 0.25) is 0 Å². The van der Waals surface area contributed by atoms with Crippen molar-refractivity contribution in [2.75, 3.05) is 23.3 Å². The Kier molecular flexibility index (Phi) is 6.27. The highest BCUT2D eigenvalue weighted by atomic mass is 35.5. The van der Waals surface area contributed by atoms with Crippen molar-refractivity contribution in [3.05, 3.63) is 60.9 Å². The van der Waals surface area contributed by atoms with Gasteiger partial charge in [0, 0.05) is 31.2 Å². The second-order valence-corrected chi connectivity index (χ2v) is 8.12. The predicted molar refractivity (Wildman–Crippen MR) is 120 cm³/mol. The minimum Gasteiger partial charge on any atom is -0.441 e. The first kappa shape index (κ1) is 22.0. The van der Waals surface area contributed by atoms with Crippen LogP contribution in [0.4, 0.5) is 20.8 Å². The molecule has 1 aliphatic heterocycles. The van der Waals surface area contributed by atoms with E-state index in [0.717, 1.165) is 32.2 Å². The van der Waals surface area contributed by atoms with Crippen molar-refractivity contribution >= 4 is 30.1 Å².